The molecule has 0 aliphatic heterocycles. The highest BCUT2D eigenvalue weighted by atomic mass is 79.9. The summed E-state index contributed by atoms with van der Waals surface area (Å²) in [6, 6.07) is 4.40. The molecule has 0 saturated carbocycles. The topological polar surface area (TPSA) is 69.6 Å². The van der Waals surface area contributed by atoms with E-state index in [4.69, 9.17) is 0 Å². The van der Waals surface area contributed by atoms with Crippen molar-refractivity contribution >= 4 is 21.9 Å². The van der Waals surface area contributed by atoms with Crippen LogP contribution in [-0.4, -0.2) is 22.2 Å². The molecular weight excluding hydrogens is 322 g/mol. The Morgan fingerprint density at radius 3 is 2.55 bits per heavy atom. The van der Waals surface area contributed by atoms with Crippen molar-refractivity contribution in [3.8, 4) is 5.75 Å². The van der Waals surface area contributed by atoms with E-state index >= 15 is 0 Å². The summed E-state index contributed by atoms with van der Waals surface area (Å²) in [5.41, 5.74) is 0.719. The molecule has 0 spiro atoms. The third-order valence-electron chi connectivity index (χ3n) is 3.18. The Morgan fingerprint density at radius 1 is 1.40 bits per heavy atom. The fraction of sp³-hybridized carbons (Fsp3) is 0.533. The van der Waals surface area contributed by atoms with Crippen LogP contribution in [0.25, 0.3) is 0 Å². The van der Waals surface area contributed by atoms with Gasteiger partial charge in [-0.15, -0.1) is 0 Å². The van der Waals surface area contributed by atoms with Crippen molar-refractivity contribution in [2.24, 2.45) is 5.92 Å². The smallest absolute Gasteiger partial charge is 0.320 e. The van der Waals surface area contributed by atoms with E-state index in [0.29, 0.717) is 12.8 Å². The molecule has 20 heavy (non-hydrogen) atoms. The number of aromatic hydroxyl groups is 1. The molecule has 0 bridgehead atoms. The first-order valence-corrected chi connectivity index (χ1v) is 7.61. The second-order valence-electron chi connectivity index (χ2n) is 5.35. The van der Waals surface area contributed by atoms with Gasteiger partial charge in [0.1, 0.15) is 11.8 Å². The van der Waals surface area contributed by atoms with E-state index in [-0.39, 0.29) is 17.7 Å². The van der Waals surface area contributed by atoms with Crippen molar-refractivity contribution in [3.63, 3.8) is 0 Å². The lowest BCUT2D eigenvalue weighted by Crippen LogP contribution is -2.40. The average molecular weight is 344 g/mol. The first-order valence-electron chi connectivity index (χ1n) is 6.82. The number of carbonyl (C=O) groups is 1. The maximum Gasteiger partial charge on any atom is 0.320 e. The molecule has 0 saturated heterocycles. The third-order valence-corrected chi connectivity index (χ3v) is 3.67. The maximum absolute atomic E-state index is 11.3. The molecule has 1 aromatic rings. The van der Waals surface area contributed by atoms with Crippen LogP contribution in [0, 0.1) is 5.92 Å². The Kier molecular flexibility index (Phi) is 6.49. The summed E-state index contributed by atoms with van der Waals surface area (Å²) in [5.74, 6) is -0.384. The second-order valence-corrected chi connectivity index (χ2v) is 6.27. The van der Waals surface area contributed by atoms with Crippen LogP contribution in [0.4, 0.5) is 0 Å². The van der Waals surface area contributed by atoms with E-state index in [1.165, 1.54) is 0 Å². The molecular formula is C15H22BrNO3. The molecule has 5 heteroatoms. The van der Waals surface area contributed by atoms with E-state index in [1.807, 2.05) is 26.8 Å². The zero-order chi connectivity index (χ0) is 15.3. The molecule has 0 aliphatic rings. The normalized spacial score (nSPS) is 14.2. The summed E-state index contributed by atoms with van der Waals surface area (Å²) in [7, 11) is 0. The van der Waals surface area contributed by atoms with Gasteiger partial charge in [-0.2, -0.15) is 0 Å². The van der Waals surface area contributed by atoms with Gasteiger partial charge in [-0.25, -0.2) is 0 Å². The molecule has 1 aromatic carbocycles. The Balaban J connectivity index is 2.94. The van der Waals surface area contributed by atoms with E-state index in [9.17, 15) is 15.0 Å². The molecule has 112 valence electrons. The van der Waals surface area contributed by atoms with Gasteiger partial charge >= 0.3 is 5.97 Å². The van der Waals surface area contributed by atoms with Gasteiger partial charge in [0.15, 0.2) is 0 Å². The average Bonchev–Trinajstić information content (AvgIpc) is 2.37. The fourth-order valence-corrected chi connectivity index (χ4v) is 2.57. The quantitative estimate of drug-likeness (QED) is 0.706. The molecule has 0 amide bonds. The molecule has 1 rings (SSSR count). The van der Waals surface area contributed by atoms with Gasteiger partial charge in [0.25, 0.3) is 0 Å². The Hall–Kier alpha value is -1.07. The summed E-state index contributed by atoms with van der Waals surface area (Å²) in [6.07, 6.45) is 1.26. The number of aliphatic carboxylic acids is 1. The van der Waals surface area contributed by atoms with Crippen LogP contribution >= 0.6 is 15.9 Å². The lowest BCUT2D eigenvalue weighted by Gasteiger charge is -2.24. The summed E-state index contributed by atoms with van der Waals surface area (Å²) >= 11 is 3.37. The summed E-state index contributed by atoms with van der Waals surface area (Å²) in [5, 5.41) is 22.4. The SMILES string of the molecule is CCC(NC(CC(C)C)C(=O)O)c1cc(Br)ccc1O. The van der Waals surface area contributed by atoms with Crippen LogP contribution in [0.3, 0.4) is 0 Å². The predicted octanol–water partition coefficient (Wildman–Crippen LogP) is 3.69. The van der Waals surface area contributed by atoms with Crippen LogP contribution in [-0.2, 0) is 4.79 Å². The minimum absolute atomic E-state index is 0.182. The number of benzene rings is 1. The van der Waals surface area contributed by atoms with E-state index in [1.54, 1.807) is 12.1 Å². The highest BCUT2D eigenvalue weighted by Gasteiger charge is 2.24. The molecule has 0 heterocycles. The largest absolute Gasteiger partial charge is 0.508 e. The van der Waals surface area contributed by atoms with Crippen LogP contribution < -0.4 is 5.32 Å². The monoisotopic (exact) mass is 343 g/mol. The molecule has 4 nitrogen and oxygen atoms in total. The number of hydrogen-bond acceptors (Lipinski definition) is 3. The highest BCUT2D eigenvalue weighted by molar-refractivity contribution is 9.10. The summed E-state index contributed by atoms with van der Waals surface area (Å²) < 4.78 is 0.862. The molecule has 0 fully saturated rings. The minimum Gasteiger partial charge on any atom is -0.508 e. The summed E-state index contributed by atoms with van der Waals surface area (Å²) in [6.45, 7) is 5.95. The minimum atomic E-state index is -0.855. The number of carboxylic acid groups (broad SMARTS) is 1. The van der Waals surface area contributed by atoms with Gasteiger partial charge in [0.2, 0.25) is 0 Å². The van der Waals surface area contributed by atoms with Crippen molar-refractivity contribution in [1.82, 2.24) is 5.32 Å². The van der Waals surface area contributed by atoms with Crippen LogP contribution in [0.1, 0.15) is 45.2 Å². The second kappa shape index (κ2) is 7.64. The Labute approximate surface area is 128 Å². The standard InChI is InChI=1S/C15H22BrNO3/c1-4-12(11-8-10(16)5-6-14(11)18)17-13(15(19)20)7-9(2)3/h5-6,8-9,12-13,17-18H,4,7H2,1-3H3,(H,19,20). The fourth-order valence-electron chi connectivity index (χ4n) is 2.19. The van der Waals surface area contributed by atoms with Crippen molar-refractivity contribution in [2.45, 2.75) is 45.7 Å². The molecule has 0 radical (unpaired) electrons. The van der Waals surface area contributed by atoms with Gasteiger partial charge < -0.3 is 10.2 Å². The van der Waals surface area contributed by atoms with Crippen LogP contribution in [0.5, 0.6) is 5.75 Å². The van der Waals surface area contributed by atoms with Crippen molar-refractivity contribution in [3.05, 3.63) is 28.2 Å². The zero-order valence-corrected chi connectivity index (χ0v) is 13.6. The van der Waals surface area contributed by atoms with E-state index < -0.39 is 12.0 Å². The van der Waals surface area contributed by atoms with Gasteiger partial charge in [-0.05, 0) is 37.0 Å². The lowest BCUT2D eigenvalue weighted by atomic mass is 9.99. The number of nitrogens with one attached hydrogen (secondary N) is 1. The Bertz CT molecular complexity index is 462. The first kappa shape index (κ1) is 17.0. The first-order chi connectivity index (χ1) is 9.35. The maximum atomic E-state index is 11.3. The molecule has 2 unspecified atom stereocenters. The van der Waals surface area contributed by atoms with Gasteiger partial charge in [0, 0.05) is 16.1 Å². The number of hydrogen-bond donors (Lipinski definition) is 3. The predicted molar refractivity (Wildman–Crippen MR) is 82.9 cm³/mol. The third kappa shape index (κ3) is 4.80. The zero-order valence-electron chi connectivity index (χ0n) is 12.1. The Morgan fingerprint density at radius 2 is 2.05 bits per heavy atom. The molecule has 3 N–H and O–H groups in total. The summed E-state index contributed by atoms with van der Waals surface area (Å²) in [4.78, 5) is 11.3. The van der Waals surface area contributed by atoms with Crippen LogP contribution in [0.2, 0.25) is 0 Å². The van der Waals surface area contributed by atoms with Gasteiger partial charge in [-0.3, -0.25) is 10.1 Å². The van der Waals surface area contributed by atoms with E-state index in [0.717, 1.165) is 10.0 Å². The number of rotatable bonds is 7. The lowest BCUT2D eigenvalue weighted by molar-refractivity contribution is -0.140. The van der Waals surface area contributed by atoms with Crippen LogP contribution in [0.15, 0.2) is 22.7 Å². The number of phenolic OH excluding ortho intramolecular Hbond substituents is 1. The van der Waals surface area contributed by atoms with Crippen molar-refractivity contribution < 1.29 is 15.0 Å². The molecule has 0 aliphatic carbocycles. The van der Waals surface area contributed by atoms with E-state index in [2.05, 4.69) is 21.2 Å². The highest BCUT2D eigenvalue weighted by Crippen LogP contribution is 2.30. The van der Waals surface area contributed by atoms with Gasteiger partial charge in [-0.1, -0.05) is 36.7 Å². The molecule has 2 atom stereocenters. The van der Waals surface area contributed by atoms with Crippen molar-refractivity contribution in [2.75, 3.05) is 0 Å². The number of carboxylic acids is 1. The van der Waals surface area contributed by atoms with Gasteiger partial charge in [0.05, 0.1) is 0 Å². The molecule has 0 aromatic heterocycles. The number of phenols is 1. The number of halogens is 1. The van der Waals surface area contributed by atoms with Crippen molar-refractivity contribution in [1.29, 1.82) is 0 Å².